The van der Waals surface area contributed by atoms with E-state index in [0.717, 1.165) is 42.2 Å². The zero-order chi connectivity index (χ0) is 28.8. The third-order valence-corrected chi connectivity index (χ3v) is 8.62. The highest BCUT2D eigenvalue weighted by atomic mass is 15.3. The molecule has 2 aliphatic carbocycles. The minimum Gasteiger partial charge on any atom is -0.326 e. The van der Waals surface area contributed by atoms with Crippen molar-refractivity contribution in [3.8, 4) is 17.1 Å². The SMILES string of the molecule is N[C@@H]1C[C@@H]1N=CC1Cc2c(n(-c3ccccc3)c3ccccc23)N(c2nc(-c3ccccc3)nc(C3C=CC=CC3)n2)C1. The minimum atomic E-state index is 0.0900. The normalized spacial score (nSPS) is 22.8. The molecular formula is C36H33N7. The second-order valence-corrected chi connectivity index (χ2v) is 11.7. The van der Waals surface area contributed by atoms with Gasteiger partial charge >= 0.3 is 0 Å². The number of benzene rings is 3. The van der Waals surface area contributed by atoms with Crippen molar-refractivity contribution in [3.05, 3.63) is 121 Å². The van der Waals surface area contributed by atoms with Crippen LogP contribution in [0.3, 0.4) is 0 Å². The third-order valence-electron chi connectivity index (χ3n) is 8.62. The molecule has 3 aromatic carbocycles. The van der Waals surface area contributed by atoms with Crippen LogP contribution in [0.15, 0.2) is 114 Å². The third kappa shape index (κ3) is 4.85. The molecule has 1 fully saturated rings. The Balaban J connectivity index is 1.35. The van der Waals surface area contributed by atoms with E-state index in [4.69, 9.17) is 25.7 Å². The van der Waals surface area contributed by atoms with Crippen molar-refractivity contribution in [1.82, 2.24) is 19.5 Å². The van der Waals surface area contributed by atoms with E-state index in [2.05, 4.69) is 107 Å². The standard InChI is InChI=1S/C36H33N7/c37-30-21-31(30)38-22-24-20-29-28-18-10-11-19-32(28)43(27-16-8-3-9-17-27)35(29)42(23-24)36-40-33(25-12-4-1-5-13-25)39-34(41-36)26-14-6-2-7-15-26/h1-14,16-19,22,24,26,30-31H,15,20-21,23,37H2/t24?,26?,30-,31+/m1/s1. The number of allylic oxidation sites excluding steroid dienone is 4. The molecule has 4 atom stereocenters. The molecule has 0 saturated heterocycles. The van der Waals surface area contributed by atoms with Gasteiger partial charge in [-0.2, -0.15) is 9.97 Å². The fourth-order valence-electron chi connectivity index (χ4n) is 6.30. The number of aromatic nitrogens is 4. The number of fused-ring (bicyclic) bond motifs is 3. The van der Waals surface area contributed by atoms with Gasteiger partial charge in [0, 0.05) is 52.8 Å². The quantitative estimate of drug-likeness (QED) is 0.237. The van der Waals surface area contributed by atoms with Crippen LogP contribution in [0.25, 0.3) is 28.0 Å². The van der Waals surface area contributed by atoms with E-state index >= 15 is 0 Å². The Morgan fingerprint density at radius 2 is 1.63 bits per heavy atom. The predicted molar refractivity (Wildman–Crippen MR) is 173 cm³/mol. The summed E-state index contributed by atoms with van der Waals surface area (Å²) in [5.41, 5.74) is 10.7. The zero-order valence-corrected chi connectivity index (χ0v) is 23.9. The highest BCUT2D eigenvalue weighted by molar-refractivity contribution is 5.94. The Labute approximate surface area is 251 Å². The molecule has 5 aromatic rings. The number of anilines is 2. The van der Waals surface area contributed by atoms with E-state index < -0.39 is 0 Å². The molecule has 0 spiro atoms. The number of nitrogens with two attached hydrogens (primary N) is 1. The summed E-state index contributed by atoms with van der Waals surface area (Å²) in [6, 6.07) is 29.9. The van der Waals surface area contributed by atoms with E-state index in [-0.39, 0.29) is 23.9 Å². The maximum absolute atomic E-state index is 6.11. The Hall–Kier alpha value is -4.88. The molecule has 212 valence electrons. The topological polar surface area (TPSA) is 85.2 Å². The van der Waals surface area contributed by atoms with Gasteiger partial charge < -0.3 is 5.73 Å². The Morgan fingerprint density at radius 3 is 2.40 bits per heavy atom. The number of hydrogen-bond acceptors (Lipinski definition) is 6. The summed E-state index contributed by atoms with van der Waals surface area (Å²) in [5, 5.41) is 1.24. The molecule has 1 aliphatic heterocycles. The van der Waals surface area contributed by atoms with Crippen LogP contribution >= 0.6 is 0 Å². The average Bonchev–Trinajstić information content (AvgIpc) is 3.69. The Bertz CT molecular complexity index is 1870. The van der Waals surface area contributed by atoms with Gasteiger partial charge in [-0.1, -0.05) is 91.0 Å². The number of nitrogens with zero attached hydrogens (tertiary/aromatic N) is 6. The summed E-state index contributed by atoms with van der Waals surface area (Å²) < 4.78 is 2.36. The molecule has 2 N–H and O–H groups in total. The molecular weight excluding hydrogens is 530 g/mol. The second-order valence-electron chi connectivity index (χ2n) is 11.7. The van der Waals surface area contributed by atoms with E-state index in [1.807, 2.05) is 18.2 Å². The Morgan fingerprint density at radius 1 is 0.860 bits per heavy atom. The van der Waals surface area contributed by atoms with Crippen molar-refractivity contribution in [2.45, 2.75) is 37.3 Å². The lowest BCUT2D eigenvalue weighted by atomic mass is 9.94. The first-order valence-electron chi connectivity index (χ1n) is 15.1. The molecule has 43 heavy (non-hydrogen) atoms. The van der Waals surface area contributed by atoms with Crippen LogP contribution in [-0.2, 0) is 6.42 Å². The largest absolute Gasteiger partial charge is 0.326 e. The summed E-state index contributed by atoms with van der Waals surface area (Å²) in [4.78, 5) is 22.6. The molecule has 2 unspecified atom stereocenters. The molecule has 2 aromatic heterocycles. The molecule has 1 saturated carbocycles. The maximum atomic E-state index is 6.11. The molecule has 8 rings (SSSR count). The first-order chi connectivity index (χ1) is 21.2. The van der Waals surface area contributed by atoms with Crippen molar-refractivity contribution in [1.29, 1.82) is 0 Å². The fourth-order valence-corrected chi connectivity index (χ4v) is 6.30. The number of aliphatic imine (C=N–C) groups is 1. The lowest BCUT2D eigenvalue weighted by Gasteiger charge is -2.33. The van der Waals surface area contributed by atoms with Crippen LogP contribution in [0.1, 0.15) is 30.1 Å². The van der Waals surface area contributed by atoms with Crippen LogP contribution in [0.4, 0.5) is 11.8 Å². The molecule has 3 aliphatic rings. The first-order valence-corrected chi connectivity index (χ1v) is 15.1. The number of para-hydroxylation sites is 2. The van der Waals surface area contributed by atoms with Gasteiger partial charge in [0.25, 0.3) is 0 Å². The van der Waals surface area contributed by atoms with Crippen LogP contribution in [-0.4, -0.2) is 44.4 Å². The van der Waals surface area contributed by atoms with Crippen molar-refractivity contribution in [2.75, 3.05) is 11.4 Å². The minimum absolute atomic E-state index is 0.0900. The van der Waals surface area contributed by atoms with Crippen LogP contribution in [0.2, 0.25) is 0 Å². The summed E-state index contributed by atoms with van der Waals surface area (Å²) >= 11 is 0. The van der Waals surface area contributed by atoms with Crippen molar-refractivity contribution >= 4 is 28.9 Å². The maximum Gasteiger partial charge on any atom is 0.234 e. The van der Waals surface area contributed by atoms with Crippen LogP contribution in [0, 0.1) is 5.92 Å². The molecule has 3 heterocycles. The zero-order valence-electron chi connectivity index (χ0n) is 23.9. The van der Waals surface area contributed by atoms with E-state index in [0.29, 0.717) is 18.3 Å². The summed E-state index contributed by atoms with van der Waals surface area (Å²) in [5.74, 6) is 3.52. The first kappa shape index (κ1) is 25.8. The van der Waals surface area contributed by atoms with Crippen LogP contribution < -0.4 is 10.6 Å². The summed E-state index contributed by atoms with van der Waals surface area (Å²) in [6.45, 7) is 0.708. The molecule has 0 bridgehead atoms. The van der Waals surface area contributed by atoms with Gasteiger partial charge in [-0.05, 0) is 37.5 Å². The van der Waals surface area contributed by atoms with Gasteiger partial charge in [0.05, 0.1) is 11.6 Å². The monoisotopic (exact) mass is 563 g/mol. The Kier molecular flexibility index (Phi) is 6.45. The fraction of sp³-hybridized carbons (Fsp3) is 0.222. The van der Waals surface area contributed by atoms with Crippen molar-refractivity contribution in [3.63, 3.8) is 0 Å². The van der Waals surface area contributed by atoms with Gasteiger partial charge in [-0.3, -0.25) is 14.5 Å². The molecule has 0 amide bonds. The predicted octanol–water partition coefficient (Wildman–Crippen LogP) is 6.56. The molecule has 7 nitrogen and oxygen atoms in total. The van der Waals surface area contributed by atoms with Gasteiger partial charge in [0.1, 0.15) is 11.6 Å². The van der Waals surface area contributed by atoms with E-state index in [1.165, 1.54) is 16.5 Å². The average molecular weight is 564 g/mol. The smallest absolute Gasteiger partial charge is 0.234 e. The highest BCUT2D eigenvalue weighted by Gasteiger charge is 2.36. The second kappa shape index (κ2) is 10.7. The lowest BCUT2D eigenvalue weighted by molar-refractivity contribution is 0.641. The number of rotatable bonds is 6. The molecule has 0 radical (unpaired) electrons. The van der Waals surface area contributed by atoms with Crippen LogP contribution in [0.5, 0.6) is 0 Å². The van der Waals surface area contributed by atoms with Gasteiger partial charge in [0.2, 0.25) is 5.95 Å². The van der Waals surface area contributed by atoms with Gasteiger partial charge in [0.15, 0.2) is 5.82 Å². The van der Waals surface area contributed by atoms with Crippen molar-refractivity contribution < 1.29 is 0 Å². The number of hydrogen-bond donors (Lipinski definition) is 1. The van der Waals surface area contributed by atoms with Crippen molar-refractivity contribution in [2.24, 2.45) is 16.6 Å². The molecule has 7 heteroatoms. The summed E-state index contributed by atoms with van der Waals surface area (Å²) in [6.07, 6.45) is 13.4. The van der Waals surface area contributed by atoms with E-state index in [1.54, 1.807) is 0 Å². The summed E-state index contributed by atoms with van der Waals surface area (Å²) in [7, 11) is 0. The highest BCUT2D eigenvalue weighted by Crippen LogP contribution is 2.43. The lowest BCUT2D eigenvalue weighted by Crippen LogP contribution is -2.35. The van der Waals surface area contributed by atoms with Gasteiger partial charge in [-0.25, -0.2) is 4.98 Å². The van der Waals surface area contributed by atoms with E-state index in [9.17, 15) is 0 Å². The van der Waals surface area contributed by atoms with Gasteiger partial charge in [-0.15, -0.1) is 0 Å².